The van der Waals surface area contributed by atoms with Gasteiger partial charge in [-0.1, -0.05) is 6.08 Å². The highest BCUT2D eigenvalue weighted by atomic mass is 32.1. The van der Waals surface area contributed by atoms with Gasteiger partial charge in [0.1, 0.15) is 10.8 Å². The van der Waals surface area contributed by atoms with Crippen molar-refractivity contribution in [3.63, 3.8) is 0 Å². The molecule has 1 aliphatic rings. The topological polar surface area (TPSA) is 88.6 Å². The first kappa shape index (κ1) is 14.1. The predicted molar refractivity (Wildman–Crippen MR) is 75.6 cm³/mol. The van der Waals surface area contributed by atoms with Crippen LogP contribution < -0.4 is 5.73 Å². The first-order valence-electron chi connectivity index (χ1n) is 5.80. The Morgan fingerprint density at radius 3 is 3.15 bits per heavy atom. The van der Waals surface area contributed by atoms with E-state index in [9.17, 15) is 14.3 Å². The molecule has 0 bridgehead atoms. The standard InChI is InChI=1S/C13H12FN3O2S/c14-9-4-1-3-8(7-9)13-17-12(19)10(20-13)11(18)16-6-2-5-15/h1-2,4-8,19H,3,15H2. The molecule has 2 rings (SSSR count). The van der Waals surface area contributed by atoms with Gasteiger partial charge in [0, 0.05) is 12.1 Å². The number of aromatic nitrogens is 1. The number of nitrogens with zero attached hydrogens (tertiary/aromatic N) is 2. The number of allylic oxidation sites excluding steroid dienone is 5. The summed E-state index contributed by atoms with van der Waals surface area (Å²) in [4.78, 5) is 19.3. The van der Waals surface area contributed by atoms with Crippen LogP contribution in [0.1, 0.15) is 27.0 Å². The van der Waals surface area contributed by atoms with Crippen LogP contribution in [0.2, 0.25) is 0 Å². The second-order valence-corrected chi connectivity index (χ2v) is 5.00. The Morgan fingerprint density at radius 1 is 1.65 bits per heavy atom. The van der Waals surface area contributed by atoms with Crippen molar-refractivity contribution in [2.24, 2.45) is 10.7 Å². The van der Waals surface area contributed by atoms with Crippen LogP contribution >= 0.6 is 11.3 Å². The number of rotatable bonds is 3. The van der Waals surface area contributed by atoms with E-state index in [1.54, 1.807) is 6.08 Å². The molecule has 1 atom stereocenters. The fourth-order valence-corrected chi connectivity index (χ4v) is 2.59. The summed E-state index contributed by atoms with van der Waals surface area (Å²) in [7, 11) is 0. The van der Waals surface area contributed by atoms with Crippen LogP contribution in [0, 0.1) is 0 Å². The number of carbonyl (C=O) groups is 1. The lowest BCUT2D eigenvalue weighted by Gasteiger charge is -2.09. The van der Waals surface area contributed by atoms with Gasteiger partial charge in [0.15, 0.2) is 4.88 Å². The molecule has 1 amide bonds. The Balaban J connectivity index is 2.22. The highest BCUT2D eigenvalue weighted by molar-refractivity contribution is 7.14. The molecule has 1 unspecified atom stereocenters. The molecule has 0 aromatic carbocycles. The number of hydrogen-bond acceptors (Lipinski definition) is 5. The number of aromatic hydroxyl groups is 1. The van der Waals surface area contributed by atoms with Gasteiger partial charge in [0.05, 0.1) is 0 Å². The fourth-order valence-electron chi connectivity index (χ4n) is 1.66. The van der Waals surface area contributed by atoms with Gasteiger partial charge in [-0.15, -0.1) is 11.3 Å². The molecule has 3 N–H and O–H groups in total. The van der Waals surface area contributed by atoms with Crippen LogP contribution in [0.25, 0.3) is 0 Å². The molecule has 7 heteroatoms. The maximum atomic E-state index is 13.2. The van der Waals surface area contributed by atoms with Gasteiger partial charge in [-0.05, 0) is 30.8 Å². The average Bonchev–Trinajstić information content (AvgIpc) is 2.81. The first-order chi connectivity index (χ1) is 9.61. The monoisotopic (exact) mass is 293 g/mol. The van der Waals surface area contributed by atoms with Crippen molar-refractivity contribution in [3.8, 4) is 5.88 Å². The molecule has 0 radical (unpaired) electrons. The number of aliphatic imine (C=N–C) groups is 1. The molecule has 0 spiro atoms. The van der Waals surface area contributed by atoms with E-state index in [1.807, 2.05) is 0 Å². The number of nitrogens with two attached hydrogens (primary N) is 1. The van der Waals surface area contributed by atoms with Crippen molar-refractivity contribution in [1.29, 1.82) is 0 Å². The van der Waals surface area contributed by atoms with Crippen LogP contribution in [-0.4, -0.2) is 22.2 Å². The molecule has 1 aromatic rings. The van der Waals surface area contributed by atoms with Crippen LogP contribution in [0.4, 0.5) is 4.39 Å². The second-order valence-electron chi connectivity index (χ2n) is 3.97. The summed E-state index contributed by atoms with van der Waals surface area (Å²) in [6.07, 6.45) is 8.89. The van der Waals surface area contributed by atoms with Gasteiger partial charge in [0.25, 0.3) is 5.91 Å². The summed E-state index contributed by atoms with van der Waals surface area (Å²) < 4.78 is 13.2. The number of hydrogen-bond donors (Lipinski definition) is 2. The molecule has 104 valence electrons. The van der Waals surface area contributed by atoms with Crippen molar-refractivity contribution in [2.75, 3.05) is 0 Å². The Hall–Kier alpha value is -2.28. The predicted octanol–water partition coefficient (Wildman–Crippen LogP) is 2.43. The third-order valence-corrected chi connectivity index (χ3v) is 3.72. The molecule has 20 heavy (non-hydrogen) atoms. The van der Waals surface area contributed by atoms with Crippen molar-refractivity contribution in [2.45, 2.75) is 12.3 Å². The Morgan fingerprint density at radius 2 is 2.45 bits per heavy atom. The van der Waals surface area contributed by atoms with Crippen molar-refractivity contribution in [3.05, 3.63) is 46.2 Å². The van der Waals surface area contributed by atoms with E-state index in [0.29, 0.717) is 11.4 Å². The summed E-state index contributed by atoms with van der Waals surface area (Å²) in [6, 6.07) is 0. The average molecular weight is 293 g/mol. The molecule has 1 heterocycles. The molecule has 0 saturated heterocycles. The number of halogens is 1. The molecule has 1 aromatic heterocycles. The molecular weight excluding hydrogens is 281 g/mol. The first-order valence-corrected chi connectivity index (χ1v) is 6.62. The zero-order valence-corrected chi connectivity index (χ0v) is 11.2. The van der Waals surface area contributed by atoms with Crippen LogP contribution in [0.15, 0.2) is 41.3 Å². The Bertz CT molecular complexity index is 632. The normalized spacial score (nSPS) is 18.9. The van der Waals surface area contributed by atoms with Crippen molar-refractivity contribution >= 4 is 23.5 Å². The zero-order valence-electron chi connectivity index (χ0n) is 10.4. The van der Waals surface area contributed by atoms with Crippen LogP contribution in [0.3, 0.4) is 0 Å². The summed E-state index contributed by atoms with van der Waals surface area (Å²) in [5.41, 5.74) is 5.11. The van der Waals surface area contributed by atoms with Crippen molar-refractivity contribution in [1.82, 2.24) is 4.98 Å². The van der Waals surface area contributed by atoms with Crippen molar-refractivity contribution < 1.29 is 14.3 Å². The lowest BCUT2D eigenvalue weighted by atomic mass is 10.0. The van der Waals surface area contributed by atoms with E-state index in [1.165, 1.54) is 30.6 Å². The lowest BCUT2D eigenvalue weighted by molar-refractivity contribution is 0.100. The Kier molecular flexibility index (Phi) is 4.41. The molecule has 0 fully saturated rings. The van der Waals surface area contributed by atoms with Gasteiger partial charge in [-0.2, -0.15) is 0 Å². The highest BCUT2D eigenvalue weighted by Gasteiger charge is 2.22. The van der Waals surface area contributed by atoms with Gasteiger partial charge in [-0.25, -0.2) is 14.4 Å². The fraction of sp³-hybridized carbons (Fsp3) is 0.154. The van der Waals surface area contributed by atoms with Gasteiger partial charge >= 0.3 is 0 Å². The van der Waals surface area contributed by atoms with Crippen LogP contribution in [0.5, 0.6) is 5.88 Å². The highest BCUT2D eigenvalue weighted by Crippen LogP contribution is 2.34. The molecular formula is C13H12FN3O2S. The number of amides is 1. The number of thiazole rings is 1. The SMILES string of the molecule is NC=CC=NC(=O)c1sc(C2C=C(F)C=CC2)nc1O. The zero-order chi connectivity index (χ0) is 14.5. The van der Waals surface area contributed by atoms with E-state index in [2.05, 4.69) is 9.98 Å². The van der Waals surface area contributed by atoms with E-state index < -0.39 is 5.91 Å². The largest absolute Gasteiger partial charge is 0.492 e. The minimum Gasteiger partial charge on any atom is -0.492 e. The third-order valence-electron chi connectivity index (χ3n) is 2.55. The van der Waals surface area contributed by atoms with E-state index in [-0.39, 0.29) is 22.5 Å². The molecule has 5 nitrogen and oxygen atoms in total. The summed E-state index contributed by atoms with van der Waals surface area (Å²) in [6.45, 7) is 0. The quantitative estimate of drug-likeness (QED) is 0.838. The number of carbonyl (C=O) groups excluding carboxylic acids is 1. The summed E-state index contributed by atoms with van der Waals surface area (Å²) in [5, 5.41) is 10.2. The van der Waals surface area contributed by atoms with E-state index in [0.717, 1.165) is 11.3 Å². The van der Waals surface area contributed by atoms with Crippen LogP contribution in [-0.2, 0) is 0 Å². The van der Waals surface area contributed by atoms with E-state index >= 15 is 0 Å². The van der Waals surface area contributed by atoms with Gasteiger partial charge < -0.3 is 10.8 Å². The molecule has 0 saturated carbocycles. The minimum atomic E-state index is -0.611. The third kappa shape index (κ3) is 3.18. The van der Waals surface area contributed by atoms with Gasteiger partial charge in [-0.3, -0.25) is 4.79 Å². The summed E-state index contributed by atoms with van der Waals surface area (Å²) in [5.74, 6) is -1.62. The smallest absolute Gasteiger partial charge is 0.292 e. The molecule has 0 aliphatic heterocycles. The summed E-state index contributed by atoms with van der Waals surface area (Å²) >= 11 is 1.01. The lowest BCUT2D eigenvalue weighted by Crippen LogP contribution is -1.96. The maximum absolute atomic E-state index is 13.2. The van der Waals surface area contributed by atoms with Gasteiger partial charge in [0.2, 0.25) is 5.88 Å². The maximum Gasteiger partial charge on any atom is 0.292 e. The second kappa shape index (κ2) is 6.25. The van der Waals surface area contributed by atoms with E-state index in [4.69, 9.17) is 5.73 Å². The Labute approximate surface area is 118 Å². The molecule has 1 aliphatic carbocycles. The minimum absolute atomic E-state index is 0.0324.